The standard InChI is InChI=1S/C24H27N5O3/c1-32-21-9-5-7-19(15-21)18-6-4-8-20(14-18)27-24(31)22-10-2-3-12-29(22)23(30)11-13-28-17-25-16-26-28/h4-9,14-17,22H,2-3,10-13H2,1H3,(H,27,31)/t22-/m0/s1. The molecule has 1 fully saturated rings. The number of carbonyl (C=O) groups excluding carboxylic acids is 2. The van der Waals surface area contributed by atoms with Gasteiger partial charge < -0.3 is 15.0 Å². The predicted molar refractivity (Wildman–Crippen MR) is 121 cm³/mol. The van der Waals surface area contributed by atoms with Crippen molar-refractivity contribution in [2.24, 2.45) is 0 Å². The minimum Gasteiger partial charge on any atom is -0.497 e. The quantitative estimate of drug-likeness (QED) is 0.617. The summed E-state index contributed by atoms with van der Waals surface area (Å²) in [6.07, 6.45) is 5.82. The van der Waals surface area contributed by atoms with Crippen LogP contribution in [0.15, 0.2) is 61.2 Å². The molecule has 1 aromatic heterocycles. The summed E-state index contributed by atoms with van der Waals surface area (Å²) in [6, 6.07) is 15.0. The van der Waals surface area contributed by atoms with Gasteiger partial charge in [0, 0.05) is 18.7 Å². The second-order valence-electron chi connectivity index (χ2n) is 7.81. The first-order valence-electron chi connectivity index (χ1n) is 10.8. The Kier molecular flexibility index (Phi) is 6.79. The highest BCUT2D eigenvalue weighted by Crippen LogP contribution is 2.27. The van der Waals surface area contributed by atoms with E-state index in [4.69, 9.17) is 4.74 Å². The van der Waals surface area contributed by atoms with E-state index >= 15 is 0 Å². The van der Waals surface area contributed by atoms with E-state index in [1.807, 2.05) is 48.5 Å². The van der Waals surface area contributed by atoms with E-state index < -0.39 is 6.04 Å². The lowest BCUT2D eigenvalue weighted by Crippen LogP contribution is -2.50. The molecule has 2 amide bonds. The van der Waals surface area contributed by atoms with Crippen LogP contribution in [0, 0.1) is 0 Å². The average Bonchev–Trinajstić information content (AvgIpc) is 3.36. The number of amides is 2. The number of hydrogen-bond donors (Lipinski definition) is 1. The van der Waals surface area contributed by atoms with Gasteiger partial charge in [0.2, 0.25) is 11.8 Å². The summed E-state index contributed by atoms with van der Waals surface area (Å²) in [5.74, 6) is 0.589. The SMILES string of the molecule is COc1cccc(-c2cccc(NC(=O)[C@@H]3CCCCN3C(=O)CCn3cncn3)c2)c1. The normalized spacial score (nSPS) is 15.9. The van der Waals surface area contributed by atoms with E-state index in [9.17, 15) is 9.59 Å². The number of nitrogens with zero attached hydrogens (tertiary/aromatic N) is 4. The Morgan fingerprint density at radius 3 is 2.72 bits per heavy atom. The van der Waals surface area contributed by atoms with E-state index in [-0.39, 0.29) is 11.8 Å². The van der Waals surface area contributed by atoms with Crippen molar-refractivity contribution in [1.29, 1.82) is 0 Å². The van der Waals surface area contributed by atoms with Crippen molar-refractivity contribution in [2.75, 3.05) is 19.0 Å². The van der Waals surface area contributed by atoms with Crippen LogP contribution in [-0.2, 0) is 16.1 Å². The van der Waals surface area contributed by atoms with Crippen LogP contribution < -0.4 is 10.1 Å². The van der Waals surface area contributed by atoms with Crippen molar-refractivity contribution >= 4 is 17.5 Å². The minimum absolute atomic E-state index is 0.0366. The van der Waals surface area contributed by atoms with Crippen LogP contribution in [0.25, 0.3) is 11.1 Å². The number of piperidine rings is 1. The summed E-state index contributed by atoms with van der Waals surface area (Å²) in [4.78, 5) is 31.6. The van der Waals surface area contributed by atoms with Gasteiger partial charge in [-0.05, 0) is 54.7 Å². The number of ether oxygens (including phenoxy) is 1. The Morgan fingerprint density at radius 1 is 1.12 bits per heavy atom. The van der Waals surface area contributed by atoms with Crippen molar-refractivity contribution in [3.05, 3.63) is 61.2 Å². The van der Waals surface area contributed by atoms with Crippen molar-refractivity contribution in [2.45, 2.75) is 38.3 Å². The van der Waals surface area contributed by atoms with Crippen LogP contribution in [0.4, 0.5) is 5.69 Å². The molecule has 1 N–H and O–H groups in total. The van der Waals surface area contributed by atoms with Gasteiger partial charge in [-0.15, -0.1) is 0 Å². The monoisotopic (exact) mass is 433 g/mol. The molecule has 32 heavy (non-hydrogen) atoms. The van der Waals surface area contributed by atoms with Crippen molar-refractivity contribution in [1.82, 2.24) is 19.7 Å². The Labute approximate surface area is 187 Å². The van der Waals surface area contributed by atoms with Gasteiger partial charge in [-0.3, -0.25) is 14.3 Å². The van der Waals surface area contributed by atoms with Crippen LogP contribution in [0.5, 0.6) is 5.75 Å². The molecular weight excluding hydrogens is 406 g/mol. The van der Waals surface area contributed by atoms with Gasteiger partial charge in [0.05, 0.1) is 13.7 Å². The molecule has 8 nitrogen and oxygen atoms in total. The van der Waals surface area contributed by atoms with Gasteiger partial charge in [-0.1, -0.05) is 24.3 Å². The molecule has 0 bridgehead atoms. The fourth-order valence-electron chi connectivity index (χ4n) is 4.01. The number of anilines is 1. The third kappa shape index (κ3) is 5.14. The van der Waals surface area contributed by atoms with Gasteiger partial charge in [0.1, 0.15) is 24.4 Å². The highest BCUT2D eigenvalue weighted by atomic mass is 16.5. The zero-order valence-corrected chi connectivity index (χ0v) is 18.1. The van der Waals surface area contributed by atoms with E-state index in [1.165, 1.54) is 6.33 Å². The summed E-state index contributed by atoms with van der Waals surface area (Å²) in [5.41, 5.74) is 2.69. The maximum Gasteiger partial charge on any atom is 0.247 e. The van der Waals surface area contributed by atoms with Crippen LogP contribution in [0.1, 0.15) is 25.7 Å². The number of likely N-dealkylation sites (tertiary alicyclic amines) is 1. The average molecular weight is 434 g/mol. The lowest BCUT2D eigenvalue weighted by Gasteiger charge is -2.34. The Hall–Kier alpha value is -3.68. The van der Waals surface area contributed by atoms with Gasteiger partial charge >= 0.3 is 0 Å². The second-order valence-corrected chi connectivity index (χ2v) is 7.81. The van der Waals surface area contributed by atoms with E-state index in [0.717, 1.165) is 29.7 Å². The van der Waals surface area contributed by atoms with E-state index in [0.29, 0.717) is 31.6 Å². The van der Waals surface area contributed by atoms with Crippen LogP contribution >= 0.6 is 0 Å². The molecule has 1 aliphatic heterocycles. The Morgan fingerprint density at radius 2 is 1.94 bits per heavy atom. The highest BCUT2D eigenvalue weighted by molar-refractivity contribution is 5.97. The number of benzene rings is 2. The Balaban J connectivity index is 1.44. The molecule has 2 aromatic carbocycles. The fourth-order valence-corrected chi connectivity index (χ4v) is 4.01. The van der Waals surface area contributed by atoms with E-state index in [1.54, 1.807) is 23.0 Å². The summed E-state index contributed by atoms with van der Waals surface area (Å²) in [5, 5.41) is 7.05. The maximum atomic E-state index is 13.1. The summed E-state index contributed by atoms with van der Waals surface area (Å²) in [6.45, 7) is 1.05. The number of methoxy groups -OCH3 is 1. The first-order valence-corrected chi connectivity index (χ1v) is 10.8. The zero-order chi connectivity index (χ0) is 22.3. The molecule has 0 radical (unpaired) electrons. The molecular formula is C24H27N5O3. The number of aryl methyl sites for hydroxylation is 1. The van der Waals surface area contributed by atoms with Gasteiger partial charge in [-0.25, -0.2) is 4.98 Å². The molecule has 0 spiro atoms. The third-order valence-electron chi connectivity index (χ3n) is 5.68. The maximum absolute atomic E-state index is 13.1. The molecule has 3 aromatic rings. The smallest absolute Gasteiger partial charge is 0.247 e. The summed E-state index contributed by atoms with van der Waals surface area (Å²) >= 11 is 0. The zero-order valence-electron chi connectivity index (χ0n) is 18.1. The molecule has 8 heteroatoms. The van der Waals surface area contributed by atoms with Crippen LogP contribution in [-0.4, -0.2) is 51.2 Å². The lowest BCUT2D eigenvalue weighted by molar-refractivity contribution is -0.140. The van der Waals surface area contributed by atoms with Crippen LogP contribution in [0.3, 0.4) is 0 Å². The van der Waals surface area contributed by atoms with Crippen molar-refractivity contribution < 1.29 is 14.3 Å². The molecule has 166 valence electrons. The molecule has 1 saturated heterocycles. The van der Waals surface area contributed by atoms with Crippen molar-refractivity contribution in [3.63, 3.8) is 0 Å². The molecule has 2 heterocycles. The molecule has 1 atom stereocenters. The van der Waals surface area contributed by atoms with Gasteiger partial charge in [0.15, 0.2) is 0 Å². The second kappa shape index (κ2) is 10.1. The number of hydrogen-bond acceptors (Lipinski definition) is 5. The molecule has 0 aliphatic carbocycles. The Bertz CT molecular complexity index is 1070. The summed E-state index contributed by atoms with van der Waals surface area (Å²) in [7, 11) is 1.64. The molecule has 0 saturated carbocycles. The van der Waals surface area contributed by atoms with Crippen molar-refractivity contribution in [3.8, 4) is 16.9 Å². The highest BCUT2D eigenvalue weighted by Gasteiger charge is 2.31. The number of aromatic nitrogens is 3. The lowest BCUT2D eigenvalue weighted by atomic mass is 10.0. The molecule has 4 rings (SSSR count). The fraction of sp³-hybridized carbons (Fsp3) is 0.333. The first kappa shape index (κ1) is 21.5. The number of nitrogens with one attached hydrogen (secondary N) is 1. The largest absolute Gasteiger partial charge is 0.497 e. The van der Waals surface area contributed by atoms with Crippen LogP contribution in [0.2, 0.25) is 0 Å². The number of carbonyl (C=O) groups is 2. The topological polar surface area (TPSA) is 89.4 Å². The van der Waals surface area contributed by atoms with E-state index in [2.05, 4.69) is 15.4 Å². The van der Waals surface area contributed by atoms with Gasteiger partial charge in [-0.2, -0.15) is 5.10 Å². The number of rotatable bonds is 7. The summed E-state index contributed by atoms with van der Waals surface area (Å²) < 4.78 is 6.94. The first-order chi connectivity index (χ1) is 15.6. The molecule has 1 aliphatic rings. The van der Waals surface area contributed by atoms with Gasteiger partial charge in [0.25, 0.3) is 0 Å². The predicted octanol–water partition coefficient (Wildman–Crippen LogP) is 3.36. The molecule has 0 unspecified atom stereocenters. The minimum atomic E-state index is -0.465. The third-order valence-corrected chi connectivity index (χ3v) is 5.68.